The molecule has 341 valence electrons. The Labute approximate surface area is 407 Å². The molecule has 0 N–H and O–H groups in total. The fourth-order valence-corrected chi connectivity index (χ4v) is 10.5. The molecule has 5 nitrogen and oxygen atoms in total. The maximum atomic E-state index is 6.44. The van der Waals surface area contributed by atoms with Gasteiger partial charge in [0.05, 0.1) is 30.5 Å². The Bertz CT molecular complexity index is 3120. The summed E-state index contributed by atoms with van der Waals surface area (Å²) in [6, 6.07) is 47.6. The van der Waals surface area contributed by atoms with Crippen molar-refractivity contribution in [3.05, 3.63) is 162 Å². The van der Waals surface area contributed by atoms with Gasteiger partial charge in [0, 0.05) is 43.1 Å². The van der Waals surface area contributed by atoms with Crippen LogP contribution in [-0.2, 0) is 31.9 Å². The minimum atomic E-state index is -1.38. The Balaban J connectivity index is 0.000000223. The van der Waals surface area contributed by atoms with Crippen LogP contribution in [0.2, 0.25) is 19.6 Å². The Kier molecular flexibility index (Phi) is 14.2. The van der Waals surface area contributed by atoms with E-state index in [0.717, 1.165) is 62.1 Å². The average Bonchev–Trinajstić information content (AvgIpc) is 3.83. The molecule has 4 heterocycles. The first-order valence-electron chi connectivity index (χ1n) is 23.3. The van der Waals surface area contributed by atoms with Gasteiger partial charge < -0.3 is 14.0 Å². The maximum absolute atomic E-state index is 6.44. The summed E-state index contributed by atoms with van der Waals surface area (Å²) in [7, 11) is -1.38. The topological polar surface area (TPSA) is 56.7 Å². The van der Waals surface area contributed by atoms with E-state index in [9.17, 15) is 0 Å². The molecule has 0 atom stereocenters. The van der Waals surface area contributed by atoms with Gasteiger partial charge in [0.15, 0.2) is 0 Å². The largest absolute Gasteiger partial charge is 0.486 e. The van der Waals surface area contributed by atoms with E-state index in [4.69, 9.17) is 14.4 Å². The van der Waals surface area contributed by atoms with Crippen LogP contribution in [0.5, 0.6) is 0 Å². The van der Waals surface area contributed by atoms with Crippen molar-refractivity contribution in [2.45, 2.75) is 113 Å². The van der Waals surface area contributed by atoms with Gasteiger partial charge in [0.2, 0.25) is 5.71 Å². The normalized spacial score (nSPS) is 12.1. The molecule has 9 aromatic rings. The zero-order valence-electron chi connectivity index (χ0n) is 41.0. The molecule has 0 aliphatic carbocycles. The van der Waals surface area contributed by atoms with E-state index < -0.39 is 8.07 Å². The van der Waals surface area contributed by atoms with Gasteiger partial charge in [-0.25, -0.2) is 4.98 Å². The second-order valence-corrected chi connectivity index (χ2v) is 25.8. The fourth-order valence-electron chi connectivity index (χ4n) is 8.93. The molecule has 66 heavy (non-hydrogen) atoms. The van der Waals surface area contributed by atoms with Crippen molar-refractivity contribution in [3.8, 4) is 39.5 Å². The number of para-hydroxylation sites is 2. The number of hydrogen-bond acceptors (Lipinski definition) is 4. The number of hydrogen-bond donors (Lipinski definition) is 0. The van der Waals surface area contributed by atoms with Crippen molar-refractivity contribution in [2.75, 3.05) is 0 Å². The first kappa shape index (κ1) is 48.5. The molecule has 7 heteroatoms. The van der Waals surface area contributed by atoms with Crippen LogP contribution in [0.1, 0.15) is 102 Å². The predicted molar refractivity (Wildman–Crippen MR) is 277 cm³/mol. The standard InChI is InChI=1S/C37H32N3O.C22H32NSi.Ir/c1-22(2)30-20-26(25-12-7-6-8-13-25)21-31(23(3)4)34(30)40-33-17-10-9-16-32(33)39-36(40)29-15-11-14-27-28-19-18-24(5)38-37(28)41-35(27)29;1-16(2)12-18-14-20(23-15-21(18)24(6,7)8)17-10-9-11-19(13-17)22(3,4)5;/h6-14,16-23H,1-5H3;9,11,13-16H,12H2,1-8H3;/q2*-1;. The van der Waals surface area contributed by atoms with Gasteiger partial charge in [-0.2, -0.15) is 0 Å². The summed E-state index contributed by atoms with van der Waals surface area (Å²) >= 11 is 0. The molecule has 4 aromatic heterocycles. The maximum Gasteiger partial charge on any atom is 0.216 e. The molecule has 0 unspecified atom stereocenters. The molecule has 0 bridgehead atoms. The number of pyridine rings is 2. The minimum absolute atomic E-state index is 0. The molecule has 1 radical (unpaired) electrons. The molecule has 0 amide bonds. The number of aryl methyl sites for hydroxylation is 1. The third kappa shape index (κ3) is 9.95. The van der Waals surface area contributed by atoms with Gasteiger partial charge in [-0.1, -0.05) is 147 Å². The average molecular weight is 1070 g/mol. The molecule has 5 aromatic carbocycles. The Morgan fingerprint density at radius 3 is 2.03 bits per heavy atom. The molecule has 0 fully saturated rings. The van der Waals surface area contributed by atoms with Gasteiger partial charge in [-0.15, -0.1) is 53.6 Å². The molecule has 9 rings (SSSR count). The monoisotopic (exact) mass is 1070 g/mol. The number of fused-ring (bicyclic) bond motifs is 4. The number of aromatic nitrogens is 4. The van der Waals surface area contributed by atoms with Crippen molar-refractivity contribution < 1.29 is 24.5 Å². The molecule has 0 spiro atoms. The smallest absolute Gasteiger partial charge is 0.216 e. The predicted octanol–water partition coefficient (Wildman–Crippen LogP) is 15.6. The number of rotatable bonds is 9. The van der Waals surface area contributed by atoms with Crippen molar-refractivity contribution in [2.24, 2.45) is 5.92 Å². The Morgan fingerprint density at radius 2 is 1.38 bits per heavy atom. The van der Waals surface area contributed by atoms with Crippen LogP contribution in [-0.4, -0.2) is 27.6 Å². The molecule has 0 saturated heterocycles. The van der Waals surface area contributed by atoms with E-state index in [1.54, 1.807) is 0 Å². The van der Waals surface area contributed by atoms with E-state index in [-0.39, 0.29) is 25.5 Å². The number of nitrogens with zero attached hydrogens (tertiary/aromatic N) is 4. The quantitative estimate of drug-likeness (QED) is 0.107. The molecule has 0 aliphatic heterocycles. The van der Waals surface area contributed by atoms with Crippen LogP contribution in [0.15, 0.2) is 126 Å². The molecular weight excluding hydrogens is 1000 g/mol. The Hall–Kier alpha value is -5.46. The summed E-state index contributed by atoms with van der Waals surface area (Å²) in [6.45, 7) is 29.6. The summed E-state index contributed by atoms with van der Waals surface area (Å²) in [5.41, 5.74) is 16.5. The second-order valence-electron chi connectivity index (χ2n) is 20.8. The van der Waals surface area contributed by atoms with Crippen molar-refractivity contribution >= 4 is 46.4 Å². The fraction of sp³-hybridized carbons (Fsp3) is 0.305. The van der Waals surface area contributed by atoms with Gasteiger partial charge >= 0.3 is 0 Å². The summed E-state index contributed by atoms with van der Waals surface area (Å²) in [4.78, 5) is 14.7. The zero-order chi connectivity index (χ0) is 46.4. The summed E-state index contributed by atoms with van der Waals surface area (Å²) in [5, 5.41) is 3.51. The number of furan rings is 1. The van der Waals surface area contributed by atoms with E-state index in [0.29, 0.717) is 23.5 Å². The molecular formula is C59H64IrN4OSi-2. The van der Waals surface area contributed by atoms with Crippen LogP contribution in [0.4, 0.5) is 0 Å². The van der Waals surface area contributed by atoms with E-state index in [2.05, 4.69) is 201 Å². The third-order valence-corrected chi connectivity index (χ3v) is 14.4. The van der Waals surface area contributed by atoms with Crippen LogP contribution in [0.25, 0.3) is 72.6 Å². The second kappa shape index (κ2) is 19.4. The van der Waals surface area contributed by atoms with Crippen LogP contribution in [0.3, 0.4) is 0 Å². The van der Waals surface area contributed by atoms with E-state index in [1.165, 1.54) is 44.3 Å². The first-order chi connectivity index (χ1) is 30.9. The van der Waals surface area contributed by atoms with Crippen molar-refractivity contribution in [1.29, 1.82) is 0 Å². The number of imidazole rings is 1. The molecule has 0 aliphatic rings. The first-order valence-corrected chi connectivity index (χ1v) is 26.8. The summed E-state index contributed by atoms with van der Waals surface area (Å²) < 4.78 is 8.78. The number of benzene rings is 5. The van der Waals surface area contributed by atoms with Crippen molar-refractivity contribution in [1.82, 2.24) is 19.5 Å². The van der Waals surface area contributed by atoms with Gasteiger partial charge in [-0.05, 0) is 106 Å². The zero-order valence-corrected chi connectivity index (χ0v) is 44.4. The van der Waals surface area contributed by atoms with E-state index in [1.807, 2.05) is 31.2 Å². The Morgan fingerprint density at radius 1 is 0.712 bits per heavy atom. The van der Waals surface area contributed by atoms with Gasteiger partial charge in [0.25, 0.3) is 0 Å². The summed E-state index contributed by atoms with van der Waals surface area (Å²) in [5.74, 6) is 2.06. The van der Waals surface area contributed by atoms with Crippen LogP contribution in [0, 0.1) is 25.0 Å². The SMILES string of the molecule is CC(C)Cc1cc(-c2[c-]ccc(C(C)(C)C)c2)ncc1[Si](C)(C)C.Cc1ccc2c(n1)oc1c(-c3nc4ccccc4n3-c3c(C(C)C)cc(-c4ccccc4)cc3C(C)C)[c-]ccc12.[Ir]. The van der Waals surface area contributed by atoms with Gasteiger partial charge in [0.1, 0.15) is 0 Å². The molecule has 0 saturated carbocycles. The third-order valence-electron chi connectivity index (χ3n) is 12.3. The van der Waals surface area contributed by atoms with Crippen LogP contribution >= 0.6 is 0 Å². The summed E-state index contributed by atoms with van der Waals surface area (Å²) in [6.07, 6.45) is 3.25. The van der Waals surface area contributed by atoms with Crippen LogP contribution < -0.4 is 5.19 Å². The van der Waals surface area contributed by atoms with Crippen molar-refractivity contribution in [3.63, 3.8) is 0 Å². The van der Waals surface area contributed by atoms with Gasteiger partial charge in [-0.3, -0.25) is 4.98 Å². The van der Waals surface area contributed by atoms with E-state index >= 15 is 0 Å². The minimum Gasteiger partial charge on any atom is -0.486 e.